The molecule has 1 aromatic heterocycles. The third-order valence-corrected chi connectivity index (χ3v) is 6.33. The molecular formula is C21H23ClN2O3. The van der Waals surface area contributed by atoms with Crippen molar-refractivity contribution in [2.75, 3.05) is 6.54 Å². The lowest BCUT2D eigenvalue weighted by atomic mass is 9.66. The van der Waals surface area contributed by atoms with Crippen molar-refractivity contribution in [2.45, 2.75) is 43.7 Å². The first kappa shape index (κ1) is 18.3. The molecule has 1 amide bonds. The maximum atomic E-state index is 13.1. The first-order chi connectivity index (χ1) is 13.0. The number of benzene rings is 1. The number of nitrogens with zero attached hydrogens (tertiary/aromatic N) is 1. The Labute approximate surface area is 163 Å². The molecule has 2 fully saturated rings. The monoisotopic (exact) mass is 386 g/mol. The molecule has 6 heteroatoms. The van der Waals surface area contributed by atoms with Crippen LogP contribution in [0, 0.1) is 5.92 Å². The molecule has 1 aliphatic heterocycles. The van der Waals surface area contributed by atoms with Crippen LogP contribution < -0.4 is 5.56 Å². The summed E-state index contributed by atoms with van der Waals surface area (Å²) < 4.78 is 0. The van der Waals surface area contributed by atoms with E-state index in [0.717, 1.165) is 31.2 Å². The summed E-state index contributed by atoms with van der Waals surface area (Å²) in [4.78, 5) is 29.6. The highest BCUT2D eigenvalue weighted by atomic mass is 35.5. The van der Waals surface area contributed by atoms with E-state index >= 15 is 0 Å². The zero-order valence-corrected chi connectivity index (χ0v) is 15.8. The average molecular weight is 387 g/mol. The maximum Gasteiger partial charge on any atom is 0.260 e. The van der Waals surface area contributed by atoms with Gasteiger partial charge in [0, 0.05) is 24.7 Å². The summed E-state index contributed by atoms with van der Waals surface area (Å²) in [5.41, 5.74) is -0.392. The van der Waals surface area contributed by atoms with Crippen LogP contribution in [0.3, 0.4) is 0 Å². The molecule has 0 spiro atoms. The van der Waals surface area contributed by atoms with Crippen LogP contribution in [-0.2, 0) is 5.60 Å². The van der Waals surface area contributed by atoms with Crippen molar-refractivity contribution >= 4 is 17.5 Å². The van der Waals surface area contributed by atoms with Crippen LogP contribution >= 0.6 is 11.6 Å². The van der Waals surface area contributed by atoms with Gasteiger partial charge in [-0.05, 0) is 30.9 Å². The van der Waals surface area contributed by atoms with Gasteiger partial charge < -0.3 is 15.0 Å². The molecule has 0 bridgehead atoms. The zero-order valence-electron chi connectivity index (χ0n) is 15.0. The van der Waals surface area contributed by atoms with Gasteiger partial charge in [-0.25, -0.2) is 0 Å². The lowest BCUT2D eigenvalue weighted by Gasteiger charge is -2.52. The molecule has 1 aromatic carbocycles. The summed E-state index contributed by atoms with van der Waals surface area (Å²) in [7, 11) is 0. The topological polar surface area (TPSA) is 73.4 Å². The minimum absolute atomic E-state index is 0.0374. The SMILES string of the molecule is O=C(c1cc(Cl)c[nH]c1=O)N1CCC(O)(c2ccccc2)[C@@H]2CCCC[C@@H]21. The standard InChI is InChI=1S/C21H23ClN2O3/c22-15-12-16(19(25)23-13-15)20(26)24-11-10-21(27,14-6-2-1-3-7-14)17-8-4-5-9-18(17)24/h1-3,6-7,12-13,17-18,27H,4-5,8-11H2,(H,23,25)/t17-,18+,21?/m1/s1. The molecule has 1 unspecified atom stereocenters. The Hall–Kier alpha value is -2.11. The van der Waals surface area contributed by atoms with Gasteiger partial charge in [-0.2, -0.15) is 0 Å². The van der Waals surface area contributed by atoms with E-state index in [1.807, 2.05) is 30.3 Å². The van der Waals surface area contributed by atoms with Crippen molar-refractivity contribution in [3.05, 3.63) is 69.1 Å². The number of piperidine rings is 1. The Bertz CT molecular complexity index is 898. The number of rotatable bonds is 2. The number of amides is 1. The van der Waals surface area contributed by atoms with Crippen LogP contribution in [-0.4, -0.2) is 33.5 Å². The Morgan fingerprint density at radius 2 is 1.96 bits per heavy atom. The Morgan fingerprint density at radius 3 is 2.74 bits per heavy atom. The molecule has 4 rings (SSSR count). The van der Waals surface area contributed by atoms with Crippen LogP contribution in [0.5, 0.6) is 0 Å². The van der Waals surface area contributed by atoms with E-state index in [1.165, 1.54) is 12.3 Å². The number of H-pyrrole nitrogens is 1. The van der Waals surface area contributed by atoms with Crippen molar-refractivity contribution < 1.29 is 9.90 Å². The maximum absolute atomic E-state index is 13.1. The van der Waals surface area contributed by atoms with Gasteiger partial charge in [0.25, 0.3) is 11.5 Å². The van der Waals surface area contributed by atoms with Crippen LogP contribution in [0.4, 0.5) is 0 Å². The number of carbonyl (C=O) groups excluding carboxylic acids is 1. The number of aliphatic hydroxyl groups is 1. The highest BCUT2D eigenvalue weighted by Crippen LogP contribution is 2.47. The molecule has 3 atom stereocenters. The van der Waals surface area contributed by atoms with Gasteiger partial charge in [-0.1, -0.05) is 54.8 Å². The summed E-state index contributed by atoms with van der Waals surface area (Å²) >= 11 is 5.98. The second-order valence-electron chi connectivity index (χ2n) is 7.56. The Kier molecular flexibility index (Phi) is 4.82. The Balaban J connectivity index is 1.69. The van der Waals surface area contributed by atoms with Gasteiger partial charge in [0.15, 0.2) is 0 Å². The zero-order chi connectivity index (χ0) is 19.0. The molecule has 1 saturated carbocycles. The van der Waals surface area contributed by atoms with E-state index in [9.17, 15) is 14.7 Å². The number of pyridine rings is 1. The van der Waals surface area contributed by atoms with Gasteiger partial charge >= 0.3 is 0 Å². The van der Waals surface area contributed by atoms with Crippen molar-refractivity contribution in [2.24, 2.45) is 5.92 Å². The molecule has 2 N–H and O–H groups in total. The van der Waals surface area contributed by atoms with Crippen LogP contribution in [0.1, 0.15) is 48.0 Å². The van der Waals surface area contributed by atoms with Gasteiger partial charge in [-0.15, -0.1) is 0 Å². The van der Waals surface area contributed by atoms with E-state index in [-0.39, 0.29) is 23.4 Å². The summed E-state index contributed by atoms with van der Waals surface area (Å²) in [6, 6.07) is 11.1. The minimum atomic E-state index is -0.941. The molecule has 142 valence electrons. The molecule has 2 aliphatic rings. The van der Waals surface area contributed by atoms with E-state index in [4.69, 9.17) is 11.6 Å². The largest absolute Gasteiger partial charge is 0.385 e. The normalized spacial score (nSPS) is 27.9. The molecule has 2 heterocycles. The summed E-state index contributed by atoms with van der Waals surface area (Å²) in [6.07, 6.45) is 5.60. The number of aromatic nitrogens is 1. The summed E-state index contributed by atoms with van der Waals surface area (Å²) in [5.74, 6) is -0.338. The quantitative estimate of drug-likeness (QED) is 0.831. The van der Waals surface area contributed by atoms with Crippen molar-refractivity contribution in [1.82, 2.24) is 9.88 Å². The molecule has 2 aromatic rings. The second kappa shape index (κ2) is 7.13. The van der Waals surface area contributed by atoms with E-state index < -0.39 is 11.2 Å². The summed E-state index contributed by atoms with van der Waals surface area (Å²) in [5, 5.41) is 11.9. The number of fused-ring (bicyclic) bond motifs is 1. The predicted octanol–water partition coefficient (Wildman–Crippen LogP) is 3.32. The third-order valence-electron chi connectivity index (χ3n) is 6.11. The number of hydrogen-bond acceptors (Lipinski definition) is 3. The average Bonchev–Trinajstić information content (AvgIpc) is 2.70. The number of nitrogens with one attached hydrogen (secondary N) is 1. The fraction of sp³-hybridized carbons (Fsp3) is 0.429. The van der Waals surface area contributed by atoms with E-state index in [1.54, 1.807) is 4.90 Å². The van der Waals surface area contributed by atoms with E-state index in [0.29, 0.717) is 18.0 Å². The first-order valence-corrected chi connectivity index (χ1v) is 9.85. The van der Waals surface area contributed by atoms with Gasteiger partial charge in [-0.3, -0.25) is 9.59 Å². The number of hydrogen-bond donors (Lipinski definition) is 2. The molecule has 27 heavy (non-hydrogen) atoms. The second-order valence-corrected chi connectivity index (χ2v) is 7.99. The van der Waals surface area contributed by atoms with Gasteiger partial charge in [0.2, 0.25) is 0 Å². The highest BCUT2D eigenvalue weighted by molar-refractivity contribution is 6.30. The van der Waals surface area contributed by atoms with Crippen molar-refractivity contribution in [1.29, 1.82) is 0 Å². The number of aromatic amines is 1. The van der Waals surface area contributed by atoms with Gasteiger partial charge in [0.05, 0.1) is 10.6 Å². The lowest BCUT2D eigenvalue weighted by molar-refractivity contribution is -0.110. The predicted molar refractivity (Wildman–Crippen MR) is 104 cm³/mol. The van der Waals surface area contributed by atoms with Crippen LogP contribution in [0.25, 0.3) is 0 Å². The molecule has 5 nitrogen and oxygen atoms in total. The molecular weight excluding hydrogens is 364 g/mol. The molecule has 1 saturated heterocycles. The van der Waals surface area contributed by atoms with E-state index in [2.05, 4.69) is 4.98 Å². The number of carbonyl (C=O) groups is 1. The number of likely N-dealkylation sites (tertiary alicyclic amines) is 1. The van der Waals surface area contributed by atoms with Crippen LogP contribution in [0.15, 0.2) is 47.4 Å². The van der Waals surface area contributed by atoms with Crippen LogP contribution in [0.2, 0.25) is 5.02 Å². The van der Waals surface area contributed by atoms with Crippen molar-refractivity contribution in [3.8, 4) is 0 Å². The third kappa shape index (κ3) is 3.19. The fourth-order valence-electron chi connectivity index (χ4n) is 4.79. The highest BCUT2D eigenvalue weighted by Gasteiger charge is 2.50. The van der Waals surface area contributed by atoms with Crippen molar-refractivity contribution in [3.63, 3.8) is 0 Å². The van der Waals surface area contributed by atoms with Gasteiger partial charge in [0.1, 0.15) is 5.56 Å². The molecule has 1 aliphatic carbocycles. The minimum Gasteiger partial charge on any atom is -0.385 e. The fourth-order valence-corrected chi connectivity index (χ4v) is 4.96. The number of halogens is 1. The lowest BCUT2D eigenvalue weighted by Crippen LogP contribution is -2.59. The smallest absolute Gasteiger partial charge is 0.260 e. The molecule has 0 radical (unpaired) electrons. The summed E-state index contributed by atoms with van der Waals surface area (Å²) in [6.45, 7) is 0.414. The Morgan fingerprint density at radius 1 is 1.22 bits per heavy atom. The first-order valence-electron chi connectivity index (χ1n) is 9.48.